The van der Waals surface area contributed by atoms with Gasteiger partial charge in [0.15, 0.2) is 0 Å². The van der Waals surface area contributed by atoms with E-state index in [0.717, 1.165) is 0 Å². The van der Waals surface area contributed by atoms with Gasteiger partial charge in [-0.15, -0.1) is 9.66 Å². The first kappa shape index (κ1) is 21.1. The Hall–Kier alpha value is -0.880. The fraction of sp³-hybridized carbons (Fsp3) is 1.00. The average Bonchev–Trinajstić information content (AvgIpc) is 2.23. The molecular weight excluding hydrogens is 394 g/mol. The summed E-state index contributed by atoms with van der Waals surface area (Å²) in [5.74, 6) is 0. The highest BCUT2D eigenvalue weighted by Crippen LogP contribution is 2.40. The third kappa shape index (κ3) is 3.54. The van der Waals surface area contributed by atoms with Gasteiger partial charge < -0.3 is 0 Å². The van der Waals surface area contributed by atoms with Gasteiger partial charge in [0.1, 0.15) is 0 Å². The number of sulfonamides is 2. The normalized spacial score (nSPS) is 15.9. The van der Waals surface area contributed by atoms with Crippen molar-refractivity contribution in [2.24, 2.45) is 0 Å². The molecule has 0 amide bonds. The van der Waals surface area contributed by atoms with Gasteiger partial charge in [0.05, 0.1) is 0 Å². The number of rotatable bonds is 5. The maximum atomic E-state index is 12.4. The molecule has 0 radical (unpaired) electrons. The second kappa shape index (κ2) is 5.34. The van der Waals surface area contributed by atoms with Gasteiger partial charge in [0, 0.05) is 0 Å². The molecule has 2 N–H and O–H groups in total. The zero-order valence-electron chi connectivity index (χ0n) is 9.23. The Kier molecular flexibility index (Phi) is 5.12. The maximum Gasteiger partial charge on any atom is 0.471 e. The fourth-order valence-electron chi connectivity index (χ4n) is 0.543. The van der Waals surface area contributed by atoms with E-state index >= 15 is 0 Å². The molecule has 0 fully saturated rings. The van der Waals surface area contributed by atoms with Crippen molar-refractivity contribution >= 4 is 20.0 Å². The largest absolute Gasteiger partial charge is 0.471 e. The van der Waals surface area contributed by atoms with Gasteiger partial charge in [0.25, 0.3) is 0 Å². The summed E-state index contributed by atoms with van der Waals surface area (Å²) in [7, 11) is -14.1. The minimum atomic E-state index is -7.06. The molecule has 0 heterocycles. The Morgan fingerprint density at radius 1 is 0.500 bits per heavy atom. The van der Waals surface area contributed by atoms with Gasteiger partial charge in [-0.25, -0.2) is 16.8 Å². The van der Waals surface area contributed by atoms with Gasteiger partial charge in [-0.05, 0) is 0 Å². The summed E-state index contributed by atoms with van der Waals surface area (Å²) in [4.78, 5) is -0.783. The zero-order valence-corrected chi connectivity index (χ0v) is 10.9. The Labute approximate surface area is 114 Å². The zero-order chi connectivity index (χ0) is 18.4. The molecule has 0 aromatic heterocycles. The van der Waals surface area contributed by atoms with E-state index in [1.807, 2.05) is 0 Å². The molecule has 0 saturated carbocycles. The van der Waals surface area contributed by atoms with Crippen LogP contribution in [0, 0.1) is 0 Å². The molecule has 0 rings (SSSR count). The molecule has 0 saturated heterocycles. The second-order valence-electron chi connectivity index (χ2n) is 3.24. The molecule has 0 unspecified atom stereocenters. The monoisotopic (exact) mass is 396 g/mol. The second-order valence-corrected chi connectivity index (χ2v) is 6.69. The standard InChI is InChI=1S/C4H2F10N2O4S2/c5-1(6,7)3(11,12)21(17,18)15-16-22(19,20)4(13,14)2(8,9)10/h15-16H. The SMILES string of the molecule is O=S(=O)(NNS(=O)(=O)C(F)(F)C(F)(F)F)C(F)(F)C(F)(F)F. The van der Waals surface area contributed by atoms with Crippen molar-refractivity contribution in [1.29, 1.82) is 0 Å². The van der Waals surface area contributed by atoms with E-state index in [1.54, 1.807) is 0 Å². The van der Waals surface area contributed by atoms with Crippen LogP contribution in [0.2, 0.25) is 0 Å². The lowest BCUT2D eigenvalue weighted by molar-refractivity contribution is -0.242. The molecule has 0 aromatic carbocycles. The van der Waals surface area contributed by atoms with Crippen LogP contribution in [-0.4, -0.2) is 39.7 Å². The van der Waals surface area contributed by atoms with E-state index in [4.69, 9.17) is 0 Å². The number of hydrogen-bond acceptors (Lipinski definition) is 4. The van der Waals surface area contributed by atoms with Crippen molar-refractivity contribution in [2.45, 2.75) is 22.9 Å². The van der Waals surface area contributed by atoms with E-state index in [9.17, 15) is 60.7 Å². The molecule has 6 nitrogen and oxygen atoms in total. The van der Waals surface area contributed by atoms with Gasteiger partial charge in [-0.2, -0.15) is 43.9 Å². The predicted octanol–water partition coefficient (Wildman–Crippen LogP) is 1.05. The molecule has 134 valence electrons. The van der Waals surface area contributed by atoms with Crippen molar-refractivity contribution in [1.82, 2.24) is 9.66 Å². The summed E-state index contributed by atoms with van der Waals surface area (Å²) >= 11 is 0. The first-order chi connectivity index (χ1) is 9.21. The van der Waals surface area contributed by atoms with E-state index in [0.29, 0.717) is 0 Å². The van der Waals surface area contributed by atoms with Gasteiger partial charge in [-0.3, -0.25) is 0 Å². The molecule has 0 spiro atoms. The van der Waals surface area contributed by atoms with Crippen LogP contribution in [-0.2, 0) is 20.0 Å². The molecule has 0 bridgehead atoms. The highest BCUT2D eigenvalue weighted by Gasteiger charge is 2.70. The van der Waals surface area contributed by atoms with E-state index in [1.165, 1.54) is 0 Å². The summed E-state index contributed by atoms with van der Waals surface area (Å²) in [6.07, 6.45) is -13.6. The van der Waals surface area contributed by atoms with Gasteiger partial charge >= 0.3 is 42.9 Å². The number of hydrogen-bond donors (Lipinski definition) is 2. The molecule has 0 aromatic rings. The molecule has 0 aliphatic heterocycles. The molecule has 0 aliphatic carbocycles. The first-order valence-electron chi connectivity index (χ1n) is 4.12. The van der Waals surface area contributed by atoms with Crippen molar-refractivity contribution in [3.63, 3.8) is 0 Å². The number of halogens is 10. The van der Waals surface area contributed by atoms with E-state index in [-0.39, 0.29) is 0 Å². The number of alkyl halides is 10. The van der Waals surface area contributed by atoms with Crippen molar-refractivity contribution in [3.8, 4) is 0 Å². The van der Waals surface area contributed by atoms with E-state index < -0.39 is 52.6 Å². The topological polar surface area (TPSA) is 92.3 Å². The van der Waals surface area contributed by atoms with Crippen LogP contribution in [0.25, 0.3) is 0 Å². The Morgan fingerprint density at radius 3 is 0.818 bits per heavy atom. The lowest BCUT2D eigenvalue weighted by Crippen LogP contribution is -2.59. The van der Waals surface area contributed by atoms with Crippen LogP contribution >= 0.6 is 0 Å². The summed E-state index contributed by atoms with van der Waals surface area (Å²) in [5, 5.41) is -13.4. The van der Waals surface area contributed by atoms with Gasteiger partial charge in [0.2, 0.25) is 0 Å². The maximum absolute atomic E-state index is 12.4. The summed E-state index contributed by atoms with van der Waals surface area (Å²) in [6.45, 7) is 0. The molecule has 18 heteroatoms. The highest BCUT2D eigenvalue weighted by molar-refractivity contribution is 7.93. The van der Waals surface area contributed by atoms with E-state index in [2.05, 4.69) is 0 Å². The smallest absolute Gasteiger partial charge is 0.204 e. The van der Waals surface area contributed by atoms with Crippen LogP contribution in [0.3, 0.4) is 0 Å². The van der Waals surface area contributed by atoms with Crippen molar-refractivity contribution < 1.29 is 60.7 Å². The minimum absolute atomic E-state index is 0.391. The molecule has 0 atom stereocenters. The van der Waals surface area contributed by atoms with Crippen LogP contribution in [0.4, 0.5) is 43.9 Å². The Morgan fingerprint density at radius 2 is 0.682 bits per heavy atom. The summed E-state index contributed by atoms with van der Waals surface area (Å²) < 4.78 is 162. The quantitative estimate of drug-likeness (QED) is 0.537. The Balaban J connectivity index is 5.51. The third-order valence-electron chi connectivity index (χ3n) is 1.65. The predicted molar refractivity (Wildman–Crippen MR) is 46.1 cm³/mol. The van der Waals surface area contributed by atoms with Crippen LogP contribution in [0.15, 0.2) is 0 Å². The number of nitrogens with one attached hydrogen (secondary N) is 2. The number of hydrazine groups is 1. The fourth-order valence-corrected chi connectivity index (χ4v) is 2.29. The lowest BCUT2D eigenvalue weighted by Gasteiger charge is -2.22. The average molecular weight is 396 g/mol. The van der Waals surface area contributed by atoms with Crippen LogP contribution in [0.1, 0.15) is 0 Å². The van der Waals surface area contributed by atoms with Crippen LogP contribution in [0.5, 0.6) is 0 Å². The molecular formula is C4H2F10N2O4S2. The first-order valence-corrected chi connectivity index (χ1v) is 7.09. The summed E-state index contributed by atoms with van der Waals surface area (Å²) in [5.41, 5.74) is 0. The summed E-state index contributed by atoms with van der Waals surface area (Å²) in [6, 6.07) is 0. The Bertz CT molecular complexity index is 560. The molecule has 0 aliphatic rings. The van der Waals surface area contributed by atoms with Crippen molar-refractivity contribution in [3.05, 3.63) is 0 Å². The van der Waals surface area contributed by atoms with Crippen LogP contribution < -0.4 is 9.66 Å². The lowest BCUT2D eigenvalue weighted by atomic mass is 10.7. The molecule has 22 heavy (non-hydrogen) atoms. The highest BCUT2D eigenvalue weighted by atomic mass is 32.2. The third-order valence-corrected chi connectivity index (χ3v) is 4.33. The van der Waals surface area contributed by atoms with Gasteiger partial charge in [-0.1, -0.05) is 0 Å². The minimum Gasteiger partial charge on any atom is -0.204 e. The van der Waals surface area contributed by atoms with Crippen molar-refractivity contribution in [2.75, 3.05) is 0 Å².